The molecular formula is C16H20N2O3S. The molecule has 5 nitrogen and oxygen atoms in total. The largest absolute Gasteiger partial charge is 0.429 e. The first-order valence-electron chi connectivity index (χ1n) is 7.72. The second-order valence-electron chi connectivity index (χ2n) is 5.90. The molecule has 22 heavy (non-hydrogen) atoms. The predicted molar refractivity (Wildman–Crippen MR) is 86.3 cm³/mol. The molecule has 6 heteroatoms. The third-order valence-electron chi connectivity index (χ3n) is 4.35. The molecule has 1 aromatic carbocycles. The molecule has 1 aliphatic rings. The molecule has 118 valence electrons. The number of oxazole rings is 1. The molecule has 1 aliphatic carbocycles. The number of aromatic nitrogens is 1. The molecule has 1 atom stereocenters. The lowest BCUT2D eigenvalue weighted by molar-refractivity contribution is 0.0738. The second-order valence-corrected chi connectivity index (χ2v) is 6.27. The standard InChI is InChI=1S/C16H20N2O3S/c19-13(10-4-2-1-3-5-10)9-17-15(20)11-6-7-12-14(8-11)21-16(22)18-12/h6-8,10,13,19H,1-5,9H2,(H,17,20)(H,18,22)/t13-/m0/s1. The zero-order valence-corrected chi connectivity index (χ0v) is 13.1. The predicted octanol–water partition coefficient (Wildman–Crippen LogP) is 3.16. The van der Waals surface area contributed by atoms with Crippen LogP contribution in [0.1, 0.15) is 42.5 Å². The first-order valence-corrected chi connectivity index (χ1v) is 8.13. The van der Waals surface area contributed by atoms with Crippen molar-refractivity contribution in [3.05, 3.63) is 28.6 Å². The van der Waals surface area contributed by atoms with Crippen LogP contribution in [0.4, 0.5) is 0 Å². The first-order chi connectivity index (χ1) is 10.6. The molecule has 0 unspecified atom stereocenters. The molecule has 0 bridgehead atoms. The van der Waals surface area contributed by atoms with Gasteiger partial charge >= 0.3 is 0 Å². The van der Waals surface area contributed by atoms with Crippen LogP contribution < -0.4 is 5.32 Å². The fourth-order valence-electron chi connectivity index (χ4n) is 3.07. The van der Waals surface area contributed by atoms with E-state index in [4.69, 9.17) is 16.6 Å². The van der Waals surface area contributed by atoms with Gasteiger partial charge in [-0.3, -0.25) is 4.79 Å². The van der Waals surface area contributed by atoms with E-state index in [1.165, 1.54) is 19.3 Å². The summed E-state index contributed by atoms with van der Waals surface area (Å²) in [4.78, 5) is 15.4. The number of hydrogen-bond donors (Lipinski definition) is 3. The summed E-state index contributed by atoms with van der Waals surface area (Å²) >= 11 is 4.92. The lowest BCUT2D eigenvalue weighted by Gasteiger charge is -2.26. The molecule has 0 spiro atoms. The maximum atomic E-state index is 12.2. The second kappa shape index (κ2) is 6.62. The normalized spacial score (nSPS) is 17.5. The van der Waals surface area contributed by atoms with Gasteiger partial charge in [0.15, 0.2) is 5.58 Å². The van der Waals surface area contributed by atoms with Crippen molar-refractivity contribution in [3.63, 3.8) is 0 Å². The van der Waals surface area contributed by atoms with Gasteiger partial charge in [-0.15, -0.1) is 0 Å². The van der Waals surface area contributed by atoms with E-state index in [1.807, 2.05) is 0 Å². The van der Waals surface area contributed by atoms with E-state index in [9.17, 15) is 9.90 Å². The van der Waals surface area contributed by atoms with Gasteiger partial charge < -0.3 is 19.8 Å². The Kier molecular flexibility index (Phi) is 4.59. The van der Waals surface area contributed by atoms with Gasteiger partial charge in [-0.05, 0) is 49.2 Å². The molecule has 0 radical (unpaired) electrons. The Hall–Kier alpha value is -1.66. The number of H-pyrrole nitrogens is 1. The fraction of sp³-hybridized carbons (Fsp3) is 0.500. The van der Waals surface area contributed by atoms with E-state index in [0.29, 0.717) is 21.9 Å². The van der Waals surface area contributed by atoms with Crippen LogP contribution in [0.2, 0.25) is 0 Å². The highest BCUT2D eigenvalue weighted by atomic mass is 32.1. The minimum absolute atomic E-state index is 0.209. The lowest BCUT2D eigenvalue weighted by atomic mass is 9.85. The first kappa shape index (κ1) is 15.2. The van der Waals surface area contributed by atoms with Gasteiger partial charge in [0.2, 0.25) is 0 Å². The van der Waals surface area contributed by atoms with Crippen molar-refractivity contribution in [2.24, 2.45) is 5.92 Å². The highest BCUT2D eigenvalue weighted by Gasteiger charge is 2.22. The zero-order chi connectivity index (χ0) is 15.5. The molecule has 1 heterocycles. The topological polar surface area (TPSA) is 78.3 Å². The zero-order valence-electron chi connectivity index (χ0n) is 12.3. The number of amides is 1. The monoisotopic (exact) mass is 320 g/mol. The van der Waals surface area contributed by atoms with Crippen molar-refractivity contribution >= 4 is 29.2 Å². The van der Waals surface area contributed by atoms with E-state index >= 15 is 0 Å². The number of nitrogens with one attached hydrogen (secondary N) is 2. The van der Waals surface area contributed by atoms with Gasteiger partial charge in [0.25, 0.3) is 10.7 Å². The van der Waals surface area contributed by atoms with Crippen LogP contribution in [0, 0.1) is 10.8 Å². The summed E-state index contributed by atoms with van der Waals surface area (Å²) in [6, 6.07) is 5.14. The molecule has 0 saturated heterocycles. The Morgan fingerprint density at radius 3 is 2.95 bits per heavy atom. The van der Waals surface area contributed by atoms with Crippen molar-refractivity contribution in [1.29, 1.82) is 0 Å². The number of carbonyl (C=O) groups is 1. The molecule has 0 aliphatic heterocycles. The highest BCUT2D eigenvalue weighted by Crippen LogP contribution is 2.26. The molecule has 1 fully saturated rings. The molecule has 2 aromatic rings. The molecule has 3 rings (SSSR count). The number of aliphatic hydroxyl groups excluding tert-OH is 1. The average molecular weight is 320 g/mol. The van der Waals surface area contributed by atoms with Crippen LogP contribution in [0.3, 0.4) is 0 Å². The summed E-state index contributed by atoms with van der Waals surface area (Å²) in [5.41, 5.74) is 1.83. The van der Waals surface area contributed by atoms with Crippen molar-refractivity contribution in [2.45, 2.75) is 38.2 Å². The van der Waals surface area contributed by atoms with Crippen LogP contribution in [0.15, 0.2) is 22.6 Å². The van der Waals surface area contributed by atoms with Crippen LogP contribution in [-0.4, -0.2) is 28.6 Å². The SMILES string of the molecule is O=C(NC[C@H](O)C1CCCCC1)c1ccc2[nH]c(=S)oc2c1. The maximum absolute atomic E-state index is 12.2. The smallest absolute Gasteiger partial charge is 0.266 e. The third-order valence-corrected chi connectivity index (χ3v) is 4.53. The van der Waals surface area contributed by atoms with E-state index in [1.54, 1.807) is 18.2 Å². The molecule has 1 amide bonds. The average Bonchev–Trinajstić information content (AvgIpc) is 2.92. The maximum Gasteiger partial charge on any atom is 0.266 e. The number of rotatable bonds is 4. The van der Waals surface area contributed by atoms with Gasteiger partial charge in [-0.2, -0.15) is 0 Å². The summed E-state index contributed by atoms with van der Waals surface area (Å²) in [5.74, 6) is 0.0954. The number of aromatic amines is 1. The van der Waals surface area contributed by atoms with Gasteiger partial charge in [-0.1, -0.05) is 19.3 Å². The molecule has 3 N–H and O–H groups in total. The fourth-order valence-corrected chi connectivity index (χ4v) is 3.27. The van der Waals surface area contributed by atoms with Gasteiger partial charge in [-0.25, -0.2) is 0 Å². The number of benzene rings is 1. The van der Waals surface area contributed by atoms with Gasteiger partial charge in [0.05, 0.1) is 11.6 Å². The Labute approximate surface area is 133 Å². The minimum atomic E-state index is -0.468. The number of hydrogen-bond acceptors (Lipinski definition) is 4. The number of carbonyl (C=O) groups excluding carboxylic acids is 1. The van der Waals surface area contributed by atoms with E-state index in [-0.39, 0.29) is 12.5 Å². The van der Waals surface area contributed by atoms with Gasteiger partial charge in [0.1, 0.15) is 0 Å². The summed E-state index contributed by atoms with van der Waals surface area (Å²) in [6.07, 6.45) is 5.22. The summed E-state index contributed by atoms with van der Waals surface area (Å²) < 4.78 is 5.31. The summed E-state index contributed by atoms with van der Waals surface area (Å²) in [6.45, 7) is 0.290. The van der Waals surface area contributed by atoms with E-state index < -0.39 is 6.10 Å². The molecule has 1 aromatic heterocycles. The lowest BCUT2D eigenvalue weighted by Crippen LogP contribution is -2.37. The quantitative estimate of drug-likeness (QED) is 0.756. The van der Waals surface area contributed by atoms with Crippen molar-refractivity contribution in [2.75, 3.05) is 6.54 Å². The molecule has 1 saturated carbocycles. The van der Waals surface area contributed by atoms with Crippen molar-refractivity contribution in [1.82, 2.24) is 10.3 Å². The van der Waals surface area contributed by atoms with Crippen molar-refractivity contribution in [3.8, 4) is 0 Å². The van der Waals surface area contributed by atoms with Crippen LogP contribution in [-0.2, 0) is 0 Å². The van der Waals surface area contributed by atoms with E-state index in [2.05, 4.69) is 10.3 Å². The number of aliphatic hydroxyl groups is 1. The van der Waals surface area contributed by atoms with E-state index in [0.717, 1.165) is 18.4 Å². The molecular weight excluding hydrogens is 300 g/mol. The Bertz CT molecular complexity index is 715. The highest BCUT2D eigenvalue weighted by molar-refractivity contribution is 7.71. The van der Waals surface area contributed by atoms with Crippen LogP contribution in [0.5, 0.6) is 0 Å². The third kappa shape index (κ3) is 3.39. The minimum Gasteiger partial charge on any atom is -0.429 e. The van der Waals surface area contributed by atoms with Crippen LogP contribution in [0.25, 0.3) is 11.1 Å². The Morgan fingerprint density at radius 1 is 1.41 bits per heavy atom. The van der Waals surface area contributed by atoms with Crippen molar-refractivity contribution < 1.29 is 14.3 Å². The van der Waals surface area contributed by atoms with Gasteiger partial charge in [0, 0.05) is 12.1 Å². The Morgan fingerprint density at radius 2 is 2.18 bits per heavy atom. The number of fused-ring (bicyclic) bond motifs is 1. The van der Waals surface area contributed by atoms with Crippen LogP contribution >= 0.6 is 12.2 Å². The summed E-state index contributed by atoms with van der Waals surface area (Å²) in [7, 11) is 0. The Balaban J connectivity index is 1.61. The summed E-state index contributed by atoms with van der Waals surface area (Å²) in [5, 5.41) is 13.0.